The van der Waals surface area contributed by atoms with Crippen LogP contribution in [-0.2, 0) is 9.36 Å². The zero-order valence-corrected chi connectivity index (χ0v) is 25.0. The summed E-state index contributed by atoms with van der Waals surface area (Å²) in [5.41, 5.74) is 4.22. The Bertz CT molecular complexity index is 1550. The molecule has 3 aromatic carbocycles. The van der Waals surface area contributed by atoms with Crippen molar-refractivity contribution in [2.24, 2.45) is 0 Å². The molecule has 5 nitrogen and oxygen atoms in total. The molecule has 0 aliphatic heterocycles. The summed E-state index contributed by atoms with van der Waals surface area (Å²) in [7, 11) is -4.38. The number of hydrogen-bond donors (Lipinski definition) is 0. The van der Waals surface area contributed by atoms with E-state index in [9.17, 15) is 19.2 Å². The molecule has 0 spiro atoms. The molecule has 204 valence electrons. The summed E-state index contributed by atoms with van der Waals surface area (Å²) >= 11 is 0. The van der Waals surface area contributed by atoms with Gasteiger partial charge in [-0.15, -0.1) is 0 Å². The van der Waals surface area contributed by atoms with Gasteiger partial charge in [-0.1, -0.05) is 49.4 Å². The second-order valence-corrected chi connectivity index (χ2v) is 12.9. The maximum atomic E-state index is 15.0. The highest BCUT2D eigenvalue weighted by Crippen LogP contribution is 2.53. The van der Waals surface area contributed by atoms with E-state index in [0.717, 1.165) is 11.1 Å². The van der Waals surface area contributed by atoms with E-state index in [-0.39, 0.29) is 35.3 Å². The minimum absolute atomic E-state index is 0.0135. The van der Waals surface area contributed by atoms with Crippen LogP contribution >= 0.6 is 7.14 Å². The van der Waals surface area contributed by atoms with E-state index in [0.29, 0.717) is 45.4 Å². The molecule has 0 radical (unpaired) electrons. The molecule has 1 atom stereocenters. The van der Waals surface area contributed by atoms with Gasteiger partial charge in [-0.3, -0.25) is 19.2 Å². The summed E-state index contributed by atoms with van der Waals surface area (Å²) in [4.78, 5) is 53.9. The Morgan fingerprint density at radius 1 is 0.615 bits per heavy atom. The number of carbonyl (C=O) groups excluding carboxylic acids is 4. The van der Waals surface area contributed by atoms with Crippen LogP contribution in [0, 0.1) is 48.5 Å². The molecule has 6 heteroatoms. The van der Waals surface area contributed by atoms with Crippen molar-refractivity contribution in [1.29, 1.82) is 0 Å². The smallest absolute Gasteiger partial charge is 0.248 e. The number of ketones is 2. The van der Waals surface area contributed by atoms with Crippen molar-refractivity contribution in [2.45, 2.75) is 74.7 Å². The third-order valence-electron chi connectivity index (χ3n) is 7.75. The van der Waals surface area contributed by atoms with Crippen LogP contribution in [0.2, 0.25) is 0 Å². The van der Waals surface area contributed by atoms with Gasteiger partial charge in [0.25, 0.3) is 0 Å². The van der Waals surface area contributed by atoms with Crippen molar-refractivity contribution in [2.75, 3.05) is 0 Å². The quantitative estimate of drug-likeness (QED) is 0.195. The maximum Gasteiger partial charge on any atom is 0.248 e. The number of aryl methyl sites for hydroxylation is 4. The first-order valence-corrected chi connectivity index (χ1v) is 15.0. The average Bonchev–Trinajstić information content (AvgIpc) is 2.89. The van der Waals surface area contributed by atoms with Crippen LogP contribution < -0.4 is 5.30 Å². The van der Waals surface area contributed by atoms with Crippen LogP contribution in [-0.4, -0.2) is 22.6 Å². The van der Waals surface area contributed by atoms with Gasteiger partial charge >= 0.3 is 0 Å². The highest BCUT2D eigenvalue weighted by molar-refractivity contribution is 8.01. The fourth-order valence-electron chi connectivity index (χ4n) is 5.39. The van der Waals surface area contributed by atoms with Gasteiger partial charge < -0.3 is 4.57 Å². The predicted molar refractivity (Wildman–Crippen MR) is 157 cm³/mol. The van der Waals surface area contributed by atoms with Gasteiger partial charge in [0.15, 0.2) is 5.78 Å². The summed E-state index contributed by atoms with van der Waals surface area (Å²) in [6, 6.07) is 11.8. The minimum atomic E-state index is -4.38. The summed E-state index contributed by atoms with van der Waals surface area (Å²) < 4.78 is 15.0. The van der Waals surface area contributed by atoms with Crippen LogP contribution in [0.4, 0.5) is 0 Å². The monoisotopic (exact) mass is 544 g/mol. The zero-order chi connectivity index (χ0) is 29.2. The van der Waals surface area contributed by atoms with Gasteiger partial charge in [-0.25, -0.2) is 0 Å². The first-order chi connectivity index (χ1) is 18.3. The first kappa shape index (κ1) is 30.1. The van der Waals surface area contributed by atoms with Crippen molar-refractivity contribution in [3.05, 3.63) is 98.1 Å². The maximum absolute atomic E-state index is 15.0. The second-order valence-electron chi connectivity index (χ2n) is 10.4. The molecule has 0 bridgehead atoms. The topological polar surface area (TPSA) is 85.3 Å². The lowest BCUT2D eigenvalue weighted by atomic mass is 9.90. The standard InChI is InChI=1S/C33H37O5P/c1-9-26(34)15-16-28(35)29-20(3)18-22(5)31(25(29)8)33(37)39(38,27-13-11-10-12-14-27)32(36)30-21(4)17-19(2)23(6)24(30)7/h10-14,17-18H,9,15-16H2,1-8H3. The Labute approximate surface area is 231 Å². The van der Waals surface area contributed by atoms with E-state index < -0.39 is 18.2 Å². The van der Waals surface area contributed by atoms with Gasteiger partial charge in [-0.05, 0) is 87.4 Å². The van der Waals surface area contributed by atoms with Gasteiger partial charge in [0.1, 0.15) is 5.78 Å². The molecule has 3 aromatic rings. The highest BCUT2D eigenvalue weighted by Gasteiger charge is 2.45. The largest absolute Gasteiger partial charge is 0.302 e. The Morgan fingerprint density at radius 2 is 1.10 bits per heavy atom. The van der Waals surface area contributed by atoms with Gasteiger partial charge in [0.05, 0.1) is 0 Å². The molecule has 0 saturated carbocycles. The molecule has 0 saturated heterocycles. The van der Waals surface area contributed by atoms with E-state index in [1.54, 1.807) is 71.0 Å². The van der Waals surface area contributed by atoms with Gasteiger partial charge in [0, 0.05) is 41.3 Å². The van der Waals surface area contributed by atoms with E-state index in [1.165, 1.54) is 0 Å². The average molecular weight is 545 g/mol. The van der Waals surface area contributed by atoms with Crippen LogP contribution in [0.1, 0.15) is 96.2 Å². The first-order valence-electron chi connectivity index (χ1n) is 13.3. The molecule has 39 heavy (non-hydrogen) atoms. The number of hydrogen-bond acceptors (Lipinski definition) is 5. The van der Waals surface area contributed by atoms with E-state index in [2.05, 4.69) is 0 Å². The Morgan fingerprint density at radius 3 is 1.64 bits per heavy atom. The van der Waals surface area contributed by atoms with Crippen LogP contribution in [0.25, 0.3) is 0 Å². The fraction of sp³-hybridized carbons (Fsp3) is 0.333. The van der Waals surface area contributed by atoms with E-state index in [4.69, 9.17) is 0 Å². The molecule has 0 heterocycles. The molecule has 1 unspecified atom stereocenters. The van der Waals surface area contributed by atoms with Gasteiger partial charge in [-0.2, -0.15) is 0 Å². The normalized spacial score (nSPS) is 12.6. The number of Topliss-reactive ketones (excluding diaryl/α,β-unsaturated/α-hetero) is 2. The number of carbonyl (C=O) groups is 4. The molecular weight excluding hydrogens is 507 g/mol. The van der Waals surface area contributed by atoms with E-state index in [1.807, 2.05) is 26.8 Å². The molecule has 0 amide bonds. The minimum Gasteiger partial charge on any atom is -0.302 e. The van der Waals surface area contributed by atoms with Crippen LogP contribution in [0.5, 0.6) is 0 Å². The lowest BCUT2D eigenvalue weighted by Crippen LogP contribution is -2.24. The predicted octanol–water partition coefficient (Wildman–Crippen LogP) is 7.46. The third-order valence-corrected chi connectivity index (χ3v) is 10.4. The van der Waals surface area contributed by atoms with Crippen molar-refractivity contribution < 1.29 is 23.7 Å². The molecular formula is C33H37O5P. The number of rotatable bonds is 10. The fourth-order valence-corrected chi connectivity index (χ4v) is 7.95. The molecule has 0 fully saturated rings. The Hall–Kier alpha value is -3.43. The van der Waals surface area contributed by atoms with Crippen molar-refractivity contribution in [3.8, 4) is 0 Å². The summed E-state index contributed by atoms with van der Waals surface area (Å²) in [6.07, 6.45) is 0.502. The SMILES string of the molecule is CCC(=O)CCC(=O)c1c(C)cc(C)c(C(=O)P(=O)(C(=O)c2c(C)cc(C)c(C)c2C)c2ccccc2)c1C. The van der Waals surface area contributed by atoms with Crippen LogP contribution in [0.3, 0.4) is 0 Å². The van der Waals surface area contributed by atoms with Crippen LogP contribution in [0.15, 0.2) is 42.5 Å². The lowest BCUT2D eigenvalue weighted by Gasteiger charge is -2.23. The molecule has 0 N–H and O–H groups in total. The highest BCUT2D eigenvalue weighted by atomic mass is 31.2. The Kier molecular flexibility index (Phi) is 9.08. The third kappa shape index (κ3) is 5.51. The summed E-state index contributed by atoms with van der Waals surface area (Å²) in [5.74, 6) is -0.261. The zero-order valence-electron chi connectivity index (χ0n) is 24.2. The molecule has 0 aliphatic carbocycles. The van der Waals surface area contributed by atoms with Crippen molar-refractivity contribution in [3.63, 3.8) is 0 Å². The lowest BCUT2D eigenvalue weighted by molar-refractivity contribution is -0.118. The van der Waals surface area contributed by atoms with E-state index >= 15 is 4.57 Å². The molecule has 3 rings (SSSR count). The van der Waals surface area contributed by atoms with Crippen molar-refractivity contribution >= 4 is 35.1 Å². The molecule has 0 aliphatic rings. The second kappa shape index (κ2) is 11.8. The summed E-state index contributed by atoms with van der Waals surface area (Å²) in [5, 5.41) is 0.165. The van der Waals surface area contributed by atoms with Gasteiger partial charge in [0.2, 0.25) is 18.2 Å². The summed E-state index contributed by atoms with van der Waals surface area (Å²) in [6.45, 7) is 14.4. The number of benzene rings is 3. The molecule has 0 aromatic heterocycles. The Balaban J connectivity index is 2.28. The van der Waals surface area contributed by atoms with Crippen molar-refractivity contribution in [1.82, 2.24) is 0 Å².